The maximum atomic E-state index is 8.92. The zero-order valence-electron chi connectivity index (χ0n) is 6.34. The van der Waals surface area contributed by atoms with Gasteiger partial charge in [0.1, 0.15) is 0 Å². The van der Waals surface area contributed by atoms with Crippen LogP contribution < -0.4 is 0 Å². The third kappa shape index (κ3) is 1.82. The average Bonchev–Trinajstić information content (AvgIpc) is 2.43. The standard InChI is InChI=1S/C9H3I2NS/c10-6-1-5(4-12)7-3-9(11)13-8(7)2-6/h1-3H. The summed E-state index contributed by atoms with van der Waals surface area (Å²) in [6.45, 7) is 0. The van der Waals surface area contributed by atoms with Gasteiger partial charge in [0.25, 0.3) is 0 Å². The number of fused-ring (bicyclic) bond motifs is 1. The molecule has 1 aromatic heterocycles. The van der Waals surface area contributed by atoms with Gasteiger partial charge < -0.3 is 0 Å². The summed E-state index contributed by atoms with van der Waals surface area (Å²) in [5.41, 5.74) is 0.779. The molecule has 0 saturated heterocycles. The summed E-state index contributed by atoms with van der Waals surface area (Å²) in [5.74, 6) is 0. The second-order valence-electron chi connectivity index (χ2n) is 2.53. The lowest BCUT2D eigenvalue weighted by Crippen LogP contribution is -1.77. The van der Waals surface area contributed by atoms with Crippen LogP contribution in [0.2, 0.25) is 0 Å². The number of benzene rings is 1. The van der Waals surface area contributed by atoms with E-state index in [1.807, 2.05) is 6.07 Å². The van der Waals surface area contributed by atoms with Crippen LogP contribution in [0.15, 0.2) is 18.2 Å². The van der Waals surface area contributed by atoms with E-state index in [0.29, 0.717) is 0 Å². The second-order valence-corrected chi connectivity index (χ2v) is 6.75. The molecule has 0 atom stereocenters. The van der Waals surface area contributed by atoms with E-state index in [1.165, 1.54) is 7.58 Å². The lowest BCUT2D eigenvalue weighted by Gasteiger charge is -1.93. The highest BCUT2D eigenvalue weighted by Crippen LogP contribution is 2.30. The van der Waals surface area contributed by atoms with Crippen LogP contribution in [-0.2, 0) is 0 Å². The number of nitriles is 1. The first-order chi connectivity index (χ1) is 6.20. The Morgan fingerprint density at radius 3 is 2.69 bits per heavy atom. The summed E-state index contributed by atoms with van der Waals surface area (Å²) < 4.78 is 3.55. The third-order valence-electron chi connectivity index (χ3n) is 1.69. The van der Waals surface area contributed by atoms with Crippen molar-refractivity contribution in [2.75, 3.05) is 0 Å². The van der Waals surface area contributed by atoms with Gasteiger partial charge in [-0.05, 0) is 63.4 Å². The predicted molar refractivity (Wildman–Crippen MR) is 72.0 cm³/mol. The van der Waals surface area contributed by atoms with E-state index in [2.05, 4.69) is 63.4 Å². The van der Waals surface area contributed by atoms with Crippen LogP contribution in [0.5, 0.6) is 0 Å². The quantitative estimate of drug-likeness (QED) is 0.602. The molecule has 1 aromatic carbocycles. The summed E-state index contributed by atoms with van der Waals surface area (Å²) in [7, 11) is 0. The summed E-state index contributed by atoms with van der Waals surface area (Å²) in [5, 5.41) is 10.00. The molecule has 0 aliphatic heterocycles. The molecule has 2 aromatic rings. The Bertz CT molecular complexity index is 510. The molecular formula is C9H3I2NS. The zero-order chi connectivity index (χ0) is 9.42. The first-order valence-electron chi connectivity index (χ1n) is 3.49. The van der Waals surface area contributed by atoms with Gasteiger partial charge >= 0.3 is 0 Å². The van der Waals surface area contributed by atoms with Gasteiger partial charge in [0, 0.05) is 13.7 Å². The molecule has 0 unspecified atom stereocenters. The van der Waals surface area contributed by atoms with Gasteiger partial charge in [-0.15, -0.1) is 11.3 Å². The van der Waals surface area contributed by atoms with Crippen LogP contribution in [-0.4, -0.2) is 0 Å². The van der Waals surface area contributed by atoms with Crippen LogP contribution in [0.3, 0.4) is 0 Å². The number of hydrogen-bond donors (Lipinski definition) is 0. The van der Waals surface area contributed by atoms with E-state index in [9.17, 15) is 0 Å². The lowest BCUT2D eigenvalue weighted by atomic mass is 10.1. The van der Waals surface area contributed by atoms with Crippen molar-refractivity contribution in [3.8, 4) is 6.07 Å². The van der Waals surface area contributed by atoms with E-state index in [1.54, 1.807) is 11.3 Å². The third-order valence-corrected chi connectivity index (χ3v) is 4.16. The van der Waals surface area contributed by atoms with Gasteiger partial charge in [0.05, 0.1) is 14.5 Å². The Balaban J connectivity index is 2.90. The second kappa shape index (κ2) is 3.71. The molecule has 0 N–H and O–H groups in total. The Morgan fingerprint density at radius 2 is 2.00 bits per heavy atom. The first-order valence-corrected chi connectivity index (χ1v) is 6.47. The fourth-order valence-electron chi connectivity index (χ4n) is 1.17. The van der Waals surface area contributed by atoms with E-state index < -0.39 is 0 Å². The molecule has 0 fully saturated rings. The van der Waals surface area contributed by atoms with Crippen LogP contribution in [0.25, 0.3) is 10.1 Å². The van der Waals surface area contributed by atoms with E-state index >= 15 is 0 Å². The van der Waals surface area contributed by atoms with Gasteiger partial charge in [0.15, 0.2) is 0 Å². The molecule has 64 valence electrons. The molecule has 4 heteroatoms. The lowest BCUT2D eigenvalue weighted by molar-refractivity contribution is 1.50. The van der Waals surface area contributed by atoms with Crippen molar-refractivity contribution >= 4 is 66.6 Å². The van der Waals surface area contributed by atoms with Gasteiger partial charge in [-0.25, -0.2) is 0 Å². The van der Waals surface area contributed by atoms with Crippen LogP contribution in [0.4, 0.5) is 0 Å². The maximum absolute atomic E-state index is 8.92. The largest absolute Gasteiger partial charge is 0.192 e. The molecule has 0 spiro atoms. The molecule has 1 heterocycles. The maximum Gasteiger partial charge on any atom is 0.0998 e. The van der Waals surface area contributed by atoms with Gasteiger partial charge in [0.2, 0.25) is 0 Å². The van der Waals surface area contributed by atoms with Crippen molar-refractivity contribution in [1.82, 2.24) is 0 Å². The zero-order valence-corrected chi connectivity index (χ0v) is 11.5. The van der Waals surface area contributed by atoms with Crippen molar-refractivity contribution in [1.29, 1.82) is 5.26 Å². The smallest absolute Gasteiger partial charge is 0.0998 e. The van der Waals surface area contributed by atoms with E-state index in [4.69, 9.17) is 5.26 Å². The fourth-order valence-corrected chi connectivity index (χ4v) is 3.88. The number of hydrogen-bond acceptors (Lipinski definition) is 2. The van der Waals surface area contributed by atoms with Crippen molar-refractivity contribution in [3.63, 3.8) is 0 Å². The number of thiophene rings is 1. The Morgan fingerprint density at radius 1 is 1.23 bits per heavy atom. The van der Waals surface area contributed by atoms with Gasteiger partial charge in [-0.3, -0.25) is 0 Å². The normalized spacial score (nSPS) is 10.2. The molecule has 2 rings (SSSR count). The number of nitrogens with zero attached hydrogens (tertiary/aromatic N) is 1. The Hall–Kier alpha value is 0.130. The topological polar surface area (TPSA) is 23.8 Å². The minimum atomic E-state index is 0.779. The fraction of sp³-hybridized carbons (Fsp3) is 0. The van der Waals surface area contributed by atoms with Crippen molar-refractivity contribution < 1.29 is 0 Å². The van der Waals surface area contributed by atoms with Crippen molar-refractivity contribution in [3.05, 3.63) is 30.2 Å². The molecule has 0 radical (unpaired) electrons. The average molecular weight is 411 g/mol. The Labute approximate surface area is 107 Å². The minimum Gasteiger partial charge on any atom is -0.192 e. The Kier molecular flexibility index (Phi) is 2.76. The van der Waals surface area contributed by atoms with Crippen LogP contribution in [0, 0.1) is 17.8 Å². The SMILES string of the molecule is N#Cc1cc(I)cc2sc(I)cc12. The highest BCUT2D eigenvalue weighted by Gasteiger charge is 2.05. The number of rotatable bonds is 0. The summed E-state index contributed by atoms with van der Waals surface area (Å²) in [4.78, 5) is 0. The molecule has 1 nitrogen and oxygen atoms in total. The molecule has 0 aliphatic rings. The first kappa shape index (κ1) is 9.68. The molecule has 13 heavy (non-hydrogen) atoms. The molecule has 0 bridgehead atoms. The van der Waals surface area contributed by atoms with Crippen molar-refractivity contribution in [2.24, 2.45) is 0 Å². The van der Waals surface area contributed by atoms with Gasteiger partial charge in [-0.2, -0.15) is 5.26 Å². The minimum absolute atomic E-state index is 0.779. The number of halogens is 2. The molecular weight excluding hydrogens is 408 g/mol. The highest BCUT2D eigenvalue weighted by atomic mass is 127. The van der Waals surface area contributed by atoms with Crippen LogP contribution >= 0.6 is 56.5 Å². The molecule has 0 saturated carbocycles. The summed E-state index contributed by atoms with van der Waals surface area (Å²) in [6, 6.07) is 8.32. The summed E-state index contributed by atoms with van der Waals surface area (Å²) >= 11 is 6.25. The van der Waals surface area contributed by atoms with E-state index in [0.717, 1.165) is 14.5 Å². The van der Waals surface area contributed by atoms with Gasteiger partial charge in [-0.1, -0.05) is 0 Å². The van der Waals surface area contributed by atoms with E-state index in [-0.39, 0.29) is 0 Å². The molecule has 0 aliphatic carbocycles. The monoisotopic (exact) mass is 411 g/mol. The van der Waals surface area contributed by atoms with Crippen molar-refractivity contribution in [2.45, 2.75) is 0 Å². The summed E-state index contributed by atoms with van der Waals surface area (Å²) in [6.07, 6.45) is 0. The predicted octanol–water partition coefficient (Wildman–Crippen LogP) is 3.98. The molecule has 0 amide bonds. The van der Waals surface area contributed by atoms with Crippen LogP contribution in [0.1, 0.15) is 5.56 Å². The highest BCUT2D eigenvalue weighted by molar-refractivity contribution is 14.1.